The lowest BCUT2D eigenvalue weighted by molar-refractivity contribution is -0.134. The first-order valence-corrected chi connectivity index (χ1v) is 20.2. The molecule has 3 aliphatic heterocycles. The largest absolute Gasteiger partial charge is 0.453 e. The van der Waals surface area contributed by atoms with Crippen LogP contribution < -0.4 is 10.6 Å². The van der Waals surface area contributed by atoms with Crippen LogP contribution in [0, 0.1) is 29.6 Å². The molecule has 2 N–H and O–H groups in total. The van der Waals surface area contributed by atoms with Crippen LogP contribution in [0.3, 0.4) is 0 Å². The standard InChI is InChI=1S/C43H48N6O4S/c1-25(2)40(48-43(52)53-3)42(51)49-17-4-5-36(49)34-20-32(22-45-34)28-10-6-26(7-11-28)27-8-12-29(13-9-27)33-21-35(46-23-33)38-30-14-15-31(19-30)39(38)41(50)47-24-37-44-16-18-54-37/h6-13,16,18,22-23,25,30-31,36,38-40H,4-5,14-15,17,19-21,24H2,1-3H3,(H,47,50)(H,48,52)/t30?,31?,36-,38?,39-,40-/m0/s1. The van der Waals surface area contributed by atoms with E-state index in [1.807, 2.05) is 36.5 Å². The van der Waals surface area contributed by atoms with Gasteiger partial charge in [0.25, 0.3) is 0 Å². The summed E-state index contributed by atoms with van der Waals surface area (Å²) in [7, 11) is 1.31. The van der Waals surface area contributed by atoms with Crippen LogP contribution in [0.1, 0.15) is 74.9 Å². The maximum Gasteiger partial charge on any atom is 0.407 e. The Kier molecular flexibility index (Phi) is 10.3. The van der Waals surface area contributed by atoms with Gasteiger partial charge in [0.2, 0.25) is 11.8 Å². The summed E-state index contributed by atoms with van der Waals surface area (Å²) in [6.45, 7) is 5.00. The van der Waals surface area contributed by atoms with Crippen molar-refractivity contribution >= 4 is 51.8 Å². The highest BCUT2D eigenvalue weighted by molar-refractivity contribution is 7.09. The Hall–Kier alpha value is -4.90. The van der Waals surface area contributed by atoms with Gasteiger partial charge in [0.15, 0.2) is 0 Å². The number of methoxy groups -OCH3 is 1. The SMILES string of the molecule is COC(=O)N[C@H](C(=O)N1CCC[C@H]1C1=NC=C(c2ccc(-c3ccc(C4=CN=C(C5C6CCC(C6)[C@@H]5C(=O)NCc5nccs5)C4)cc3)cc2)C1)C(C)C. The fraction of sp³-hybridized carbons (Fsp3) is 0.442. The summed E-state index contributed by atoms with van der Waals surface area (Å²) < 4.78 is 4.77. The Morgan fingerprint density at radius 2 is 1.50 bits per heavy atom. The van der Waals surface area contributed by atoms with Crippen LogP contribution in [0.4, 0.5) is 4.79 Å². The molecule has 2 saturated carbocycles. The number of carbonyl (C=O) groups excluding carboxylic acids is 3. The van der Waals surface area contributed by atoms with Gasteiger partial charge in [-0.1, -0.05) is 62.4 Å². The Bertz CT molecular complexity index is 2020. The monoisotopic (exact) mass is 744 g/mol. The molecule has 0 spiro atoms. The smallest absolute Gasteiger partial charge is 0.407 e. The van der Waals surface area contributed by atoms with Crippen molar-refractivity contribution < 1.29 is 19.1 Å². The third kappa shape index (κ3) is 7.18. The topological polar surface area (TPSA) is 125 Å². The number of carbonyl (C=O) groups is 3. The number of allylic oxidation sites excluding steroid dienone is 2. The number of benzene rings is 2. The summed E-state index contributed by atoms with van der Waals surface area (Å²) in [5.74, 6) is 1.21. The zero-order valence-corrected chi connectivity index (χ0v) is 32.0. The van der Waals surface area contributed by atoms with E-state index in [9.17, 15) is 14.4 Å². The molecule has 11 heteroatoms. The van der Waals surface area contributed by atoms with Crippen LogP contribution in [0.15, 0.2) is 82.5 Å². The van der Waals surface area contributed by atoms with E-state index >= 15 is 0 Å². The molecule has 2 aliphatic carbocycles. The van der Waals surface area contributed by atoms with Crippen molar-refractivity contribution in [2.45, 2.75) is 77.4 Å². The zero-order valence-electron chi connectivity index (χ0n) is 31.2. The van der Waals surface area contributed by atoms with E-state index in [1.165, 1.54) is 30.4 Å². The van der Waals surface area contributed by atoms with Crippen LogP contribution in [0.2, 0.25) is 0 Å². The van der Waals surface area contributed by atoms with Crippen LogP contribution >= 0.6 is 11.3 Å². The van der Waals surface area contributed by atoms with Crippen molar-refractivity contribution in [2.24, 2.45) is 39.6 Å². The van der Waals surface area contributed by atoms with Gasteiger partial charge in [0, 0.05) is 66.6 Å². The van der Waals surface area contributed by atoms with Gasteiger partial charge in [-0.2, -0.15) is 0 Å². The van der Waals surface area contributed by atoms with Crippen molar-refractivity contribution in [1.29, 1.82) is 0 Å². The number of nitrogens with one attached hydrogen (secondary N) is 2. The minimum absolute atomic E-state index is 0.000339. The van der Waals surface area contributed by atoms with Crippen molar-refractivity contribution in [2.75, 3.05) is 13.7 Å². The maximum absolute atomic E-state index is 13.6. The van der Waals surface area contributed by atoms with Gasteiger partial charge in [-0.25, -0.2) is 9.78 Å². The van der Waals surface area contributed by atoms with Crippen molar-refractivity contribution in [1.82, 2.24) is 20.5 Å². The average Bonchev–Trinajstić information content (AvgIpc) is 4.05. The molecule has 6 atom stereocenters. The summed E-state index contributed by atoms with van der Waals surface area (Å²) in [6, 6.07) is 16.6. The zero-order chi connectivity index (χ0) is 37.3. The van der Waals surface area contributed by atoms with E-state index < -0.39 is 12.1 Å². The summed E-state index contributed by atoms with van der Waals surface area (Å²) in [5.41, 5.74) is 9.09. The number of hydrogen-bond donors (Lipinski definition) is 2. The lowest BCUT2D eigenvalue weighted by Gasteiger charge is -2.31. The summed E-state index contributed by atoms with van der Waals surface area (Å²) in [5, 5.41) is 8.79. The highest BCUT2D eigenvalue weighted by atomic mass is 32.1. The molecule has 5 aliphatic rings. The third-order valence-electron chi connectivity index (χ3n) is 12.2. The molecule has 54 heavy (non-hydrogen) atoms. The lowest BCUT2D eigenvalue weighted by Crippen LogP contribution is -2.53. The molecule has 2 bridgehead atoms. The second kappa shape index (κ2) is 15.5. The van der Waals surface area contributed by atoms with Gasteiger partial charge in [0.1, 0.15) is 11.0 Å². The van der Waals surface area contributed by atoms with Gasteiger partial charge < -0.3 is 20.3 Å². The predicted molar refractivity (Wildman–Crippen MR) is 213 cm³/mol. The van der Waals surface area contributed by atoms with Gasteiger partial charge in [-0.3, -0.25) is 19.6 Å². The quantitative estimate of drug-likeness (QED) is 0.210. The number of ether oxygens (including phenoxy) is 1. The number of aromatic nitrogens is 1. The molecule has 3 aromatic rings. The van der Waals surface area contributed by atoms with Crippen molar-refractivity contribution in [3.8, 4) is 11.1 Å². The highest BCUT2D eigenvalue weighted by Gasteiger charge is 2.52. The Labute approximate surface area is 320 Å². The van der Waals surface area contributed by atoms with E-state index in [1.54, 1.807) is 17.5 Å². The second-order valence-electron chi connectivity index (χ2n) is 15.6. The maximum atomic E-state index is 13.6. The van der Waals surface area contributed by atoms with Gasteiger partial charge >= 0.3 is 6.09 Å². The molecule has 2 aromatic carbocycles. The molecule has 3 amide bonds. The van der Waals surface area contributed by atoms with E-state index in [4.69, 9.17) is 14.7 Å². The molecular formula is C43H48N6O4S. The van der Waals surface area contributed by atoms with Crippen LogP contribution in [-0.4, -0.2) is 65.0 Å². The number of aliphatic imine (C=N–C) groups is 2. The van der Waals surface area contributed by atoms with Gasteiger partial charge in [-0.15, -0.1) is 11.3 Å². The fourth-order valence-corrected chi connectivity index (χ4v) is 9.99. The van der Waals surface area contributed by atoms with E-state index in [-0.39, 0.29) is 35.6 Å². The minimum Gasteiger partial charge on any atom is -0.453 e. The molecule has 1 saturated heterocycles. The van der Waals surface area contributed by atoms with Crippen molar-refractivity contribution in [3.05, 3.63) is 88.6 Å². The first-order valence-electron chi connectivity index (χ1n) is 19.3. The van der Waals surface area contributed by atoms with E-state index in [2.05, 4.69) is 64.1 Å². The summed E-state index contributed by atoms with van der Waals surface area (Å²) in [4.78, 5) is 54.9. The summed E-state index contributed by atoms with van der Waals surface area (Å²) in [6.07, 6.45) is 11.9. The van der Waals surface area contributed by atoms with E-state index in [0.29, 0.717) is 31.3 Å². The second-order valence-corrected chi connectivity index (χ2v) is 16.6. The fourth-order valence-electron chi connectivity index (χ4n) is 9.43. The number of likely N-dealkylation sites (tertiary alicyclic amines) is 1. The molecule has 3 fully saturated rings. The average molecular weight is 745 g/mol. The van der Waals surface area contributed by atoms with Gasteiger partial charge in [-0.05, 0) is 83.3 Å². The number of alkyl carbamates (subject to hydrolysis) is 1. The number of amides is 3. The normalized spacial score (nSPS) is 25.0. The molecule has 3 unspecified atom stereocenters. The van der Waals surface area contributed by atoms with Gasteiger partial charge in [0.05, 0.1) is 19.7 Å². The van der Waals surface area contributed by atoms with Crippen LogP contribution in [0.5, 0.6) is 0 Å². The molecular weight excluding hydrogens is 697 g/mol. The van der Waals surface area contributed by atoms with Crippen molar-refractivity contribution in [3.63, 3.8) is 0 Å². The number of thiazole rings is 1. The predicted octanol–water partition coefficient (Wildman–Crippen LogP) is 7.53. The molecule has 8 rings (SSSR count). The molecule has 280 valence electrons. The summed E-state index contributed by atoms with van der Waals surface area (Å²) >= 11 is 1.57. The Morgan fingerprint density at radius 1 is 0.870 bits per heavy atom. The Morgan fingerprint density at radius 3 is 2.13 bits per heavy atom. The number of fused-ring (bicyclic) bond motifs is 2. The number of hydrogen-bond acceptors (Lipinski definition) is 8. The molecule has 1 aromatic heterocycles. The first-order chi connectivity index (χ1) is 26.3. The Balaban J connectivity index is 0.864. The minimum atomic E-state index is -0.644. The number of rotatable bonds is 11. The highest BCUT2D eigenvalue weighted by Crippen LogP contribution is 2.54. The lowest BCUT2D eigenvalue weighted by atomic mass is 9.75. The molecule has 0 radical (unpaired) electrons. The van der Waals surface area contributed by atoms with Crippen LogP contribution in [0.25, 0.3) is 22.3 Å². The molecule has 10 nitrogen and oxygen atoms in total. The first kappa shape index (κ1) is 36.1. The number of nitrogens with zero attached hydrogens (tertiary/aromatic N) is 4. The molecule has 4 heterocycles. The van der Waals surface area contributed by atoms with E-state index in [0.717, 1.165) is 65.1 Å². The third-order valence-corrected chi connectivity index (χ3v) is 13.0. The van der Waals surface area contributed by atoms with Crippen LogP contribution in [-0.2, 0) is 20.9 Å².